The van der Waals surface area contributed by atoms with Gasteiger partial charge in [-0.05, 0) is 44.8 Å². The van der Waals surface area contributed by atoms with E-state index in [4.69, 9.17) is 5.73 Å². The first-order valence-corrected chi connectivity index (χ1v) is 6.74. The third-order valence-corrected chi connectivity index (χ3v) is 4.04. The number of nitro groups is 1. The molecule has 2 rings (SSSR count). The number of hydrogen-bond donors (Lipinski definition) is 1. The number of nitrogens with two attached hydrogens (primary N) is 1. The molecule has 0 aliphatic carbocycles. The molecule has 1 fully saturated rings. The fourth-order valence-corrected chi connectivity index (χ4v) is 2.75. The summed E-state index contributed by atoms with van der Waals surface area (Å²) in [5.41, 5.74) is 7.15. The summed E-state index contributed by atoms with van der Waals surface area (Å²) in [5, 5.41) is 10.6. The maximum absolute atomic E-state index is 10.6. The predicted octanol–water partition coefficient (Wildman–Crippen LogP) is 1.95. The van der Waals surface area contributed by atoms with Crippen LogP contribution in [0, 0.1) is 10.1 Å². The first kappa shape index (κ1) is 14.0. The van der Waals surface area contributed by atoms with Gasteiger partial charge in [-0.2, -0.15) is 0 Å². The van der Waals surface area contributed by atoms with Gasteiger partial charge in [0.2, 0.25) is 0 Å². The molecule has 0 aromatic heterocycles. The van der Waals surface area contributed by atoms with E-state index in [0.717, 1.165) is 25.1 Å². The Kier molecular flexibility index (Phi) is 4.17. The van der Waals surface area contributed by atoms with Gasteiger partial charge in [0.1, 0.15) is 0 Å². The van der Waals surface area contributed by atoms with E-state index in [9.17, 15) is 10.1 Å². The van der Waals surface area contributed by atoms with E-state index in [2.05, 4.69) is 11.8 Å². The molecule has 1 atom stereocenters. The SMILES string of the molecule is CC(CN)(Cc1ccc([N+](=O)[O-])cc1)N1CCCC1. The highest BCUT2D eigenvalue weighted by Gasteiger charge is 2.32. The molecule has 1 aromatic rings. The van der Waals surface area contributed by atoms with Crippen LogP contribution < -0.4 is 5.73 Å². The van der Waals surface area contributed by atoms with Crippen LogP contribution in [-0.4, -0.2) is 35.0 Å². The van der Waals surface area contributed by atoms with Crippen LogP contribution in [-0.2, 0) is 6.42 Å². The first-order valence-electron chi connectivity index (χ1n) is 6.74. The van der Waals surface area contributed by atoms with Crippen LogP contribution in [0.25, 0.3) is 0 Å². The van der Waals surface area contributed by atoms with Crippen molar-refractivity contribution in [1.82, 2.24) is 4.90 Å². The lowest BCUT2D eigenvalue weighted by Crippen LogP contribution is -2.51. The molecular weight excluding hydrogens is 242 g/mol. The Hall–Kier alpha value is -1.46. The lowest BCUT2D eigenvalue weighted by atomic mass is 9.91. The number of non-ortho nitro benzene ring substituents is 1. The van der Waals surface area contributed by atoms with Gasteiger partial charge in [-0.1, -0.05) is 12.1 Å². The molecule has 5 heteroatoms. The summed E-state index contributed by atoms with van der Waals surface area (Å²) in [6, 6.07) is 6.80. The van der Waals surface area contributed by atoms with Crippen molar-refractivity contribution in [2.75, 3.05) is 19.6 Å². The van der Waals surface area contributed by atoms with Gasteiger partial charge in [0.05, 0.1) is 4.92 Å². The van der Waals surface area contributed by atoms with Crippen molar-refractivity contribution in [3.8, 4) is 0 Å². The number of hydrogen-bond acceptors (Lipinski definition) is 4. The quantitative estimate of drug-likeness (QED) is 0.651. The van der Waals surface area contributed by atoms with E-state index in [1.165, 1.54) is 12.8 Å². The average Bonchev–Trinajstić information content (AvgIpc) is 2.93. The molecule has 1 aliphatic rings. The van der Waals surface area contributed by atoms with Crippen molar-refractivity contribution in [2.45, 2.75) is 31.7 Å². The van der Waals surface area contributed by atoms with Crippen molar-refractivity contribution in [3.63, 3.8) is 0 Å². The molecule has 1 unspecified atom stereocenters. The van der Waals surface area contributed by atoms with Crippen LogP contribution in [0.5, 0.6) is 0 Å². The second-order valence-corrected chi connectivity index (χ2v) is 5.50. The Labute approximate surface area is 113 Å². The van der Waals surface area contributed by atoms with E-state index in [-0.39, 0.29) is 16.1 Å². The van der Waals surface area contributed by atoms with E-state index >= 15 is 0 Å². The van der Waals surface area contributed by atoms with Crippen LogP contribution >= 0.6 is 0 Å². The number of nitro benzene ring substituents is 1. The van der Waals surface area contributed by atoms with Crippen LogP contribution in [0.3, 0.4) is 0 Å². The van der Waals surface area contributed by atoms with Gasteiger partial charge in [-0.15, -0.1) is 0 Å². The summed E-state index contributed by atoms with van der Waals surface area (Å²) < 4.78 is 0. The molecule has 104 valence electrons. The Morgan fingerprint density at radius 1 is 1.32 bits per heavy atom. The van der Waals surface area contributed by atoms with Crippen molar-refractivity contribution in [2.24, 2.45) is 5.73 Å². The molecule has 2 N–H and O–H groups in total. The lowest BCUT2D eigenvalue weighted by Gasteiger charge is -2.38. The highest BCUT2D eigenvalue weighted by atomic mass is 16.6. The Balaban J connectivity index is 2.11. The Morgan fingerprint density at radius 2 is 1.89 bits per heavy atom. The second kappa shape index (κ2) is 5.67. The highest BCUT2D eigenvalue weighted by molar-refractivity contribution is 5.33. The fourth-order valence-electron chi connectivity index (χ4n) is 2.75. The van der Waals surface area contributed by atoms with Gasteiger partial charge in [-0.3, -0.25) is 15.0 Å². The number of rotatable bonds is 5. The van der Waals surface area contributed by atoms with Crippen molar-refractivity contribution in [1.29, 1.82) is 0 Å². The van der Waals surface area contributed by atoms with Crippen molar-refractivity contribution >= 4 is 5.69 Å². The monoisotopic (exact) mass is 263 g/mol. The summed E-state index contributed by atoms with van der Waals surface area (Å²) in [7, 11) is 0. The summed E-state index contributed by atoms with van der Waals surface area (Å²) in [6.07, 6.45) is 3.30. The normalized spacial score (nSPS) is 19.3. The van der Waals surface area contributed by atoms with Gasteiger partial charge in [0, 0.05) is 24.2 Å². The largest absolute Gasteiger partial charge is 0.329 e. The minimum absolute atomic E-state index is 0.0490. The maximum Gasteiger partial charge on any atom is 0.269 e. The average molecular weight is 263 g/mol. The van der Waals surface area contributed by atoms with Crippen molar-refractivity contribution < 1.29 is 4.92 Å². The summed E-state index contributed by atoms with van der Waals surface area (Å²) >= 11 is 0. The van der Waals surface area contributed by atoms with Crippen LogP contribution in [0.2, 0.25) is 0 Å². The predicted molar refractivity (Wildman–Crippen MR) is 75.1 cm³/mol. The third-order valence-electron chi connectivity index (χ3n) is 4.04. The van der Waals surface area contributed by atoms with Gasteiger partial charge in [0.15, 0.2) is 0 Å². The molecule has 1 aliphatic heterocycles. The molecule has 1 saturated heterocycles. The zero-order valence-electron chi connectivity index (χ0n) is 11.3. The van der Waals surface area contributed by atoms with E-state index < -0.39 is 0 Å². The number of likely N-dealkylation sites (tertiary alicyclic amines) is 1. The van der Waals surface area contributed by atoms with Gasteiger partial charge in [0.25, 0.3) is 5.69 Å². The number of nitrogens with zero attached hydrogens (tertiary/aromatic N) is 2. The zero-order valence-corrected chi connectivity index (χ0v) is 11.3. The second-order valence-electron chi connectivity index (χ2n) is 5.50. The Morgan fingerprint density at radius 3 is 2.37 bits per heavy atom. The van der Waals surface area contributed by atoms with Crippen LogP contribution in [0.15, 0.2) is 24.3 Å². The van der Waals surface area contributed by atoms with Crippen molar-refractivity contribution in [3.05, 3.63) is 39.9 Å². The zero-order chi connectivity index (χ0) is 13.9. The fraction of sp³-hybridized carbons (Fsp3) is 0.571. The summed E-state index contributed by atoms with van der Waals surface area (Å²) in [4.78, 5) is 12.7. The summed E-state index contributed by atoms with van der Waals surface area (Å²) in [6.45, 7) is 4.98. The van der Waals surface area contributed by atoms with Crippen LogP contribution in [0.4, 0.5) is 5.69 Å². The van der Waals surface area contributed by atoms with Crippen LogP contribution in [0.1, 0.15) is 25.3 Å². The highest BCUT2D eigenvalue weighted by Crippen LogP contribution is 2.25. The minimum atomic E-state index is -0.369. The van der Waals surface area contributed by atoms with E-state index in [1.54, 1.807) is 12.1 Å². The molecule has 0 saturated carbocycles. The lowest BCUT2D eigenvalue weighted by molar-refractivity contribution is -0.384. The van der Waals surface area contributed by atoms with Gasteiger partial charge >= 0.3 is 0 Å². The van der Waals surface area contributed by atoms with Gasteiger partial charge in [-0.25, -0.2) is 0 Å². The third kappa shape index (κ3) is 3.11. The molecule has 0 amide bonds. The maximum atomic E-state index is 10.6. The van der Waals surface area contributed by atoms with E-state index in [1.807, 2.05) is 12.1 Å². The molecule has 1 heterocycles. The summed E-state index contributed by atoms with van der Waals surface area (Å²) in [5.74, 6) is 0. The molecule has 19 heavy (non-hydrogen) atoms. The minimum Gasteiger partial charge on any atom is -0.329 e. The smallest absolute Gasteiger partial charge is 0.269 e. The topological polar surface area (TPSA) is 72.4 Å². The van der Waals surface area contributed by atoms with Gasteiger partial charge < -0.3 is 5.73 Å². The van der Waals surface area contributed by atoms with E-state index in [0.29, 0.717) is 6.54 Å². The molecule has 0 radical (unpaired) electrons. The molecule has 0 bridgehead atoms. The standard InChI is InChI=1S/C14H21N3O2/c1-14(11-15,16-8-2-3-9-16)10-12-4-6-13(7-5-12)17(18)19/h4-7H,2-3,8-11,15H2,1H3. The first-order chi connectivity index (χ1) is 9.05. The molecular formula is C14H21N3O2. The molecule has 1 aromatic carbocycles. The molecule has 5 nitrogen and oxygen atoms in total. The Bertz CT molecular complexity index is 441. The number of benzene rings is 1. The molecule has 0 spiro atoms.